The van der Waals surface area contributed by atoms with Gasteiger partial charge < -0.3 is 30.7 Å². The summed E-state index contributed by atoms with van der Waals surface area (Å²) in [7, 11) is 1.50. The highest BCUT2D eigenvalue weighted by Crippen LogP contribution is 2.55. The summed E-state index contributed by atoms with van der Waals surface area (Å²) in [5.41, 5.74) is 4.93. The second-order valence-corrected chi connectivity index (χ2v) is 7.04. The Bertz CT molecular complexity index is 809. The molecule has 4 rings (SSSR count). The number of fused-ring (bicyclic) bond motifs is 4. The van der Waals surface area contributed by atoms with Gasteiger partial charge in [-0.3, -0.25) is 9.59 Å². The molecular formula is C17H21FN4O5. The van der Waals surface area contributed by atoms with Crippen molar-refractivity contribution in [2.45, 2.75) is 24.7 Å². The molecule has 3 heterocycles. The highest BCUT2D eigenvalue weighted by molar-refractivity contribution is 6.25. The average molecular weight is 380 g/mol. The molecule has 10 heteroatoms. The number of piperazine rings is 1. The van der Waals surface area contributed by atoms with E-state index in [2.05, 4.69) is 10.6 Å². The first-order valence-corrected chi connectivity index (χ1v) is 8.73. The maximum Gasteiger partial charge on any atom is 0.404 e. The van der Waals surface area contributed by atoms with Crippen molar-refractivity contribution < 1.29 is 28.2 Å². The Morgan fingerprint density at radius 3 is 2.81 bits per heavy atom. The molecule has 0 aromatic rings. The van der Waals surface area contributed by atoms with E-state index < -0.39 is 30.2 Å². The van der Waals surface area contributed by atoms with Gasteiger partial charge in [0.1, 0.15) is 13.3 Å². The number of methoxy groups -OCH3 is 1. The fourth-order valence-corrected chi connectivity index (χ4v) is 4.68. The summed E-state index contributed by atoms with van der Waals surface area (Å²) in [6, 6.07) is 0.0334. The third-order valence-electron chi connectivity index (χ3n) is 5.82. The van der Waals surface area contributed by atoms with Crippen molar-refractivity contribution in [3.8, 4) is 0 Å². The molecule has 4 N–H and O–H groups in total. The number of primary amides is 1. The molecule has 0 aromatic carbocycles. The Morgan fingerprint density at radius 1 is 1.44 bits per heavy atom. The maximum atomic E-state index is 13.2. The van der Waals surface area contributed by atoms with E-state index in [0.717, 1.165) is 0 Å². The van der Waals surface area contributed by atoms with E-state index in [4.69, 9.17) is 15.2 Å². The van der Waals surface area contributed by atoms with Gasteiger partial charge in [0.05, 0.1) is 23.4 Å². The van der Waals surface area contributed by atoms with E-state index >= 15 is 0 Å². The molecule has 2 saturated heterocycles. The van der Waals surface area contributed by atoms with Crippen molar-refractivity contribution >= 4 is 17.7 Å². The topological polar surface area (TPSA) is 133 Å². The molecule has 27 heavy (non-hydrogen) atoms. The predicted molar refractivity (Wildman–Crippen MR) is 89.9 cm³/mol. The number of ketones is 2. The molecular weight excluding hydrogens is 359 g/mol. The fraction of sp³-hybridized carbons (Fsp3) is 0.588. The van der Waals surface area contributed by atoms with E-state index in [1.165, 1.54) is 7.11 Å². The van der Waals surface area contributed by atoms with Crippen LogP contribution < -0.4 is 16.4 Å². The molecule has 9 nitrogen and oxygen atoms in total. The van der Waals surface area contributed by atoms with E-state index in [9.17, 15) is 18.8 Å². The Balaban J connectivity index is 1.79. The molecule has 0 bridgehead atoms. The largest absolute Gasteiger partial charge is 0.449 e. The maximum absolute atomic E-state index is 13.2. The van der Waals surface area contributed by atoms with Gasteiger partial charge in [0.15, 0.2) is 5.72 Å². The highest BCUT2D eigenvalue weighted by Gasteiger charge is 2.72. The van der Waals surface area contributed by atoms with Gasteiger partial charge in [-0.1, -0.05) is 0 Å². The first-order valence-electron chi connectivity index (χ1n) is 8.73. The van der Waals surface area contributed by atoms with Crippen LogP contribution in [-0.4, -0.2) is 73.8 Å². The molecule has 0 radical (unpaired) electrons. The van der Waals surface area contributed by atoms with Crippen molar-refractivity contribution in [1.29, 1.82) is 0 Å². The number of nitrogens with one attached hydrogen (secondary N) is 2. The summed E-state index contributed by atoms with van der Waals surface area (Å²) in [6.45, 7) is 1.09. The first-order chi connectivity index (χ1) is 12.9. The van der Waals surface area contributed by atoms with E-state index in [-0.39, 0.29) is 53.6 Å². The third-order valence-corrected chi connectivity index (χ3v) is 5.82. The van der Waals surface area contributed by atoms with Gasteiger partial charge in [-0.05, 0) is 6.92 Å². The van der Waals surface area contributed by atoms with Crippen molar-refractivity contribution in [1.82, 2.24) is 15.5 Å². The van der Waals surface area contributed by atoms with Crippen molar-refractivity contribution in [3.63, 3.8) is 0 Å². The molecule has 0 spiro atoms. The number of hydrogen-bond donors (Lipinski definition) is 3. The van der Waals surface area contributed by atoms with Gasteiger partial charge in [-0.2, -0.15) is 0 Å². The molecule has 4 aliphatic rings. The van der Waals surface area contributed by atoms with Crippen LogP contribution in [0.2, 0.25) is 0 Å². The average Bonchev–Trinajstić information content (AvgIpc) is 3.24. The molecule has 1 amide bonds. The SMILES string of the molecule is COC12C(COC(N)=O)C3=C(C(=O)C(C)=C(NCCF)C3=O)N1CC1NC12. The highest BCUT2D eigenvalue weighted by atomic mass is 19.1. The number of alkyl halides is 1. The van der Waals surface area contributed by atoms with Crippen LogP contribution in [0.25, 0.3) is 0 Å². The van der Waals surface area contributed by atoms with Crippen molar-refractivity contribution in [3.05, 3.63) is 22.5 Å². The minimum Gasteiger partial charge on any atom is -0.449 e. The van der Waals surface area contributed by atoms with Crippen LogP contribution in [0.15, 0.2) is 22.5 Å². The van der Waals surface area contributed by atoms with Crippen LogP contribution in [0.3, 0.4) is 0 Å². The molecule has 3 aliphatic heterocycles. The number of Topliss-reactive ketones (excluding diaryl/α,β-unsaturated/α-hetero) is 2. The quantitative estimate of drug-likeness (QED) is 0.393. The number of rotatable bonds is 6. The summed E-state index contributed by atoms with van der Waals surface area (Å²) in [5.74, 6) is -1.41. The predicted octanol–water partition coefficient (Wildman–Crippen LogP) is -1.05. The van der Waals surface area contributed by atoms with Gasteiger partial charge in [-0.15, -0.1) is 0 Å². The molecule has 4 unspecified atom stereocenters. The summed E-state index contributed by atoms with van der Waals surface area (Å²) < 4.78 is 23.5. The fourth-order valence-electron chi connectivity index (χ4n) is 4.68. The molecule has 2 fully saturated rings. The summed E-state index contributed by atoms with van der Waals surface area (Å²) in [6.07, 6.45) is -0.975. The zero-order valence-corrected chi connectivity index (χ0v) is 15.0. The zero-order valence-electron chi connectivity index (χ0n) is 15.0. The number of amides is 1. The lowest BCUT2D eigenvalue weighted by atomic mass is 9.82. The molecule has 146 valence electrons. The third kappa shape index (κ3) is 2.26. The van der Waals surface area contributed by atoms with Gasteiger partial charge >= 0.3 is 6.09 Å². The molecule has 4 atom stereocenters. The number of nitrogens with zero attached hydrogens (tertiary/aromatic N) is 1. The van der Waals surface area contributed by atoms with Gasteiger partial charge in [0.25, 0.3) is 0 Å². The Kier molecular flexibility index (Phi) is 4.00. The van der Waals surface area contributed by atoms with Gasteiger partial charge in [-0.25, -0.2) is 9.18 Å². The number of nitrogens with two attached hydrogens (primary N) is 1. The minimum atomic E-state index is -1.01. The molecule has 0 aromatic heterocycles. The standard InChI is InChI=1S/C17H21FN4O5/c1-7-11(20-4-3-18)14(24)10-8(6-27-16(19)25)17(26-2)15-9(21-15)5-22(17)12(10)13(7)23/h8-9,15,20-21H,3-6H2,1-2H3,(H2,19,25). The first kappa shape index (κ1) is 17.9. The number of halogens is 1. The Labute approximate surface area is 154 Å². The second kappa shape index (κ2) is 6.03. The summed E-state index contributed by atoms with van der Waals surface area (Å²) in [4.78, 5) is 39.3. The lowest BCUT2D eigenvalue weighted by molar-refractivity contribution is -0.137. The number of allylic oxidation sites excluding steroid dienone is 2. The van der Waals surface area contributed by atoms with Crippen molar-refractivity contribution in [2.75, 3.05) is 33.5 Å². The number of hydrogen-bond acceptors (Lipinski definition) is 8. The van der Waals surface area contributed by atoms with Crippen LogP contribution in [0.5, 0.6) is 0 Å². The van der Waals surface area contributed by atoms with Crippen LogP contribution >= 0.6 is 0 Å². The lowest BCUT2D eigenvalue weighted by Crippen LogP contribution is -2.55. The molecule has 0 saturated carbocycles. The van der Waals surface area contributed by atoms with Crippen molar-refractivity contribution in [2.24, 2.45) is 11.7 Å². The van der Waals surface area contributed by atoms with Gasteiger partial charge in [0, 0.05) is 37.4 Å². The normalized spacial score (nSPS) is 33.9. The number of ether oxygens (including phenoxy) is 2. The Hall–Kier alpha value is -2.46. The minimum absolute atomic E-state index is 0.0770. The lowest BCUT2D eigenvalue weighted by Gasteiger charge is -2.39. The van der Waals surface area contributed by atoms with E-state index in [1.807, 2.05) is 0 Å². The second-order valence-electron chi connectivity index (χ2n) is 7.04. The summed E-state index contributed by atoms with van der Waals surface area (Å²) >= 11 is 0. The Morgan fingerprint density at radius 2 is 2.19 bits per heavy atom. The van der Waals surface area contributed by atoms with E-state index in [0.29, 0.717) is 6.54 Å². The molecule has 1 aliphatic carbocycles. The number of carbonyl (C=O) groups excluding carboxylic acids is 3. The van der Waals surface area contributed by atoms with E-state index in [1.54, 1.807) is 11.8 Å². The smallest absolute Gasteiger partial charge is 0.404 e. The monoisotopic (exact) mass is 380 g/mol. The summed E-state index contributed by atoms with van der Waals surface area (Å²) in [5, 5.41) is 5.99. The number of carbonyl (C=O) groups is 3. The van der Waals surface area contributed by atoms with Gasteiger partial charge in [0.2, 0.25) is 11.6 Å². The van der Waals surface area contributed by atoms with Crippen LogP contribution in [0.4, 0.5) is 9.18 Å². The van der Waals surface area contributed by atoms with Crippen LogP contribution in [0.1, 0.15) is 6.92 Å². The van der Waals surface area contributed by atoms with Crippen LogP contribution in [0, 0.1) is 5.92 Å². The van der Waals surface area contributed by atoms with Crippen LogP contribution in [-0.2, 0) is 19.1 Å². The zero-order chi connectivity index (χ0) is 19.5.